The maximum atomic E-state index is 13.1. The van der Waals surface area contributed by atoms with Crippen molar-refractivity contribution >= 4 is 11.9 Å². The summed E-state index contributed by atoms with van der Waals surface area (Å²) in [5, 5.41) is 9.00. The number of carboxylic acid groups (broad SMARTS) is 1. The Morgan fingerprint density at radius 3 is 2.44 bits per heavy atom. The minimum atomic E-state index is -4.94. The van der Waals surface area contributed by atoms with Crippen molar-refractivity contribution in [1.82, 2.24) is 4.90 Å². The SMILES string of the molecule is COc1ccc(CN2C(=O)C3C/C(=C(\C(=O)O)C(F)(F)F)C2C3)cc1. The number of hydrogen-bond donors (Lipinski definition) is 1. The molecule has 5 nitrogen and oxygen atoms in total. The minimum absolute atomic E-state index is 0.135. The summed E-state index contributed by atoms with van der Waals surface area (Å²) >= 11 is 0. The molecule has 2 unspecified atom stereocenters. The lowest BCUT2D eigenvalue weighted by molar-refractivity contribution is -0.146. The van der Waals surface area contributed by atoms with Crippen molar-refractivity contribution in [3.8, 4) is 5.75 Å². The average molecular weight is 355 g/mol. The van der Waals surface area contributed by atoms with Gasteiger partial charge in [0.1, 0.15) is 11.3 Å². The number of amides is 1. The molecule has 1 aromatic carbocycles. The summed E-state index contributed by atoms with van der Waals surface area (Å²) in [5.41, 5.74) is -0.990. The average Bonchev–Trinajstić information content (AvgIpc) is 3.06. The van der Waals surface area contributed by atoms with E-state index in [1.165, 1.54) is 12.0 Å². The molecule has 2 atom stereocenters. The fraction of sp³-hybridized carbons (Fsp3) is 0.412. The molecule has 0 radical (unpaired) electrons. The van der Waals surface area contributed by atoms with Gasteiger partial charge in [0.25, 0.3) is 0 Å². The normalized spacial score (nSPS) is 24.6. The zero-order valence-corrected chi connectivity index (χ0v) is 13.3. The number of piperidine rings is 1. The first-order valence-electron chi connectivity index (χ1n) is 7.69. The summed E-state index contributed by atoms with van der Waals surface area (Å²) in [6, 6.07) is 6.03. The molecule has 1 aliphatic carbocycles. The number of carbonyl (C=O) groups is 2. The van der Waals surface area contributed by atoms with Gasteiger partial charge in [-0.25, -0.2) is 4.79 Å². The molecule has 1 heterocycles. The fourth-order valence-electron chi connectivity index (χ4n) is 3.61. The van der Waals surface area contributed by atoms with Gasteiger partial charge in [-0.15, -0.1) is 0 Å². The quantitative estimate of drug-likeness (QED) is 0.844. The Morgan fingerprint density at radius 2 is 1.96 bits per heavy atom. The van der Waals surface area contributed by atoms with Gasteiger partial charge in [0, 0.05) is 12.5 Å². The summed E-state index contributed by atoms with van der Waals surface area (Å²) in [5.74, 6) is -2.16. The highest BCUT2D eigenvalue weighted by Gasteiger charge is 2.53. The zero-order valence-electron chi connectivity index (χ0n) is 13.3. The van der Waals surface area contributed by atoms with Crippen molar-refractivity contribution in [2.24, 2.45) is 5.92 Å². The molecular formula is C17H16F3NO4. The van der Waals surface area contributed by atoms with Crippen LogP contribution in [0.3, 0.4) is 0 Å². The van der Waals surface area contributed by atoms with Crippen molar-refractivity contribution in [2.75, 3.05) is 7.11 Å². The standard InChI is InChI=1S/C17H16F3NO4/c1-25-11-4-2-9(3-5-11)8-21-13-7-10(15(21)22)6-12(13)14(16(23)24)17(18,19)20/h2-5,10,13H,6-8H2,1H3,(H,23,24)/b14-12-. The molecule has 1 saturated carbocycles. The number of halogens is 3. The van der Waals surface area contributed by atoms with Crippen LogP contribution in [0.4, 0.5) is 13.2 Å². The molecule has 3 rings (SSSR count). The van der Waals surface area contributed by atoms with Crippen molar-refractivity contribution in [3.63, 3.8) is 0 Å². The number of carboxylic acids is 1. The summed E-state index contributed by atoms with van der Waals surface area (Å²) in [4.78, 5) is 24.8. The number of carbonyl (C=O) groups excluding carboxylic acids is 1. The molecule has 2 aliphatic rings. The summed E-state index contributed by atoms with van der Waals surface area (Å²) in [6.07, 6.45) is -4.85. The number of ether oxygens (including phenoxy) is 1. The highest BCUT2D eigenvalue weighted by Crippen LogP contribution is 2.47. The molecule has 134 valence electrons. The zero-order chi connectivity index (χ0) is 18.4. The van der Waals surface area contributed by atoms with E-state index in [0.717, 1.165) is 5.56 Å². The predicted octanol–water partition coefficient (Wildman–Crippen LogP) is 2.76. The Morgan fingerprint density at radius 1 is 1.32 bits per heavy atom. The molecule has 1 aromatic rings. The molecule has 1 amide bonds. The van der Waals surface area contributed by atoms with Crippen molar-refractivity contribution in [1.29, 1.82) is 0 Å². The fourth-order valence-corrected chi connectivity index (χ4v) is 3.61. The second-order valence-electron chi connectivity index (χ2n) is 6.17. The molecule has 8 heteroatoms. The third-order valence-corrected chi connectivity index (χ3v) is 4.72. The van der Waals surface area contributed by atoms with Crippen LogP contribution >= 0.6 is 0 Å². The van der Waals surface area contributed by atoms with Crippen LogP contribution in [0.15, 0.2) is 35.4 Å². The van der Waals surface area contributed by atoms with E-state index in [2.05, 4.69) is 0 Å². The molecule has 1 N–H and O–H groups in total. The monoisotopic (exact) mass is 355 g/mol. The van der Waals surface area contributed by atoms with Crippen LogP contribution in [0.25, 0.3) is 0 Å². The van der Waals surface area contributed by atoms with Crippen LogP contribution in [0.1, 0.15) is 18.4 Å². The maximum absolute atomic E-state index is 13.1. The Hall–Kier alpha value is -2.51. The number of hydrogen-bond acceptors (Lipinski definition) is 3. The lowest BCUT2D eigenvalue weighted by Gasteiger charge is -2.30. The van der Waals surface area contributed by atoms with E-state index >= 15 is 0 Å². The van der Waals surface area contributed by atoms with Gasteiger partial charge in [0.15, 0.2) is 0 Å². The van der Waals surface area contributed by atoms with Gasteiger partial charge in [-0.2, -0.15) is 13.2 Å². The number of rotatable bonds is 4. The van der Waals surface area contributed by atoms with Gasteiger partial charge in [-0.3, -0.25) is 4.79 Å². The number of fused-ring (bicyclic) bond motifs is 2. The van der Waals surface area contributed by atoms with Gasteiger partial charge in [0.2, 0.25) is 5.91 Å². The number of aliphatic carboxylic acids is 1. The Kier molecular flexibility index (Phi) is 4.22. The van der Waals surface area contributed by atoms with E-state index in [0.29, 0.717) is 5.75 Å². The summed E-state index contributed by atoms with van der Waals surface area (Å²) in [6.45, 7) is 0.137. The first-order chi connectivity index (χ1) is 11.7. The Bertz CT molecular complexity index is 739. The molecule has 1 aliphatic heterocycles. The molecule has 0 aromatic heterocycles. The van der Waals surface area contributed by atoms with E-state index in [1.807, 2.05) is 0 Å². The van der Waals surface area contributed by atoms with E-state index in [-0.39, 0.29) is 30.9 Å². The lowest BCUT2D eigenvalue weighted by atomic mass is 9.97. The Labute approximate surface area is 141 Å². The summed E-state index contributed by atoms with van der Waals surface area (Å²) < 4.78 is 44.4. The number of methoxy groups -OCH3 is 1. The van der Waals surface area contributed by atoms with Gasteiger partial charge in [0.05, 0.1) is 13.2 Å². The molecule has 2 bridgehead atoms. The Balaban J connectivity index is 1.91. The highest BCUT2D eigenvalue weighted by atomic mass is 19.4. The van der Waals surface area contributed by atoms with Crippen molar-refractivity contribution in [3.05, 3.63) is 41.0 Å². The smallest absolute Gasteiger partial charge is 0.423 e. The largest absolute Gasteiger partial charge is 0.497 e. The molecule has 1 saturated heterocycles. The van der Waals surface area contributed by atoms with Gasteiger partial charge < -0.3 is 14.7 Å². The van der Waals surface area contributed by atoms with E-state index in [9.17, 15) is 22.8 Å². The van der Waals surface area contributed by atoms with E-state index in [1.54, 1.807) is 24.3 Å². The number of alkyl halides is 3. The highest BCUT2D eigenvalue weighted by molar-refractivity contribution is 5.92. The summed E-state index contributed by atoms with van der Waals surface area (Å²) in [7, 11) is 1.51. The third kappa shape index (κ3) is 3.08. The van der Waals surface area contributed by atoms with E-state index in [4.69, 9.17) is 9.84 Å². The van der Waals surface area contributed by atoms with Crippen LogP contribution in [0.2, 0.25) is 0 Å². The van der Waals surface area contributed by atoms with Crippen molar-refractivity contribution in [2.45, 2.75) is 31.6 Å². The molecule has 0 spiro atoms. The molecule has 2 fully saturated rings. The lowest BCUT2D eigenvalue weighted by Crippen LogP contribution is -2.40. The van der Waals surface area contributed by atoms with Crippen molar-refractivity contribution < 1.29 is 32.6 Å². The molecular weight excluding hydrogens is 339 g/mol. The van der Waals surface area contributed by atoms with Crippen LogP contribution in [-0.4, -0.2) is 41.2 Å². The first-order valence-corrected chi connectivity index (χ1v) is 7.69. The van der Waals surface area contributed by atoms with Gasteiger partial charge in [-0.1, -0.05) is 12.1 Å². The first kappa shape index (κ1) is 17.3. The number of nitrogens with zero attached hydrogens (tertiary/aromatic N) is 1. The van der Waals surface area contributed by atoms with Crippen LogP contribution < -0.4 is 4.74 Å². The van der Waals surface area contributed by atoms with Gasteiger partial charge in [-0.05, 0) is 36.1 Å². The minimum Gasteiger partial charge on any atom is -0.497 e. The van der Waals surface area contributed by atoms with Crippen LogP contribution in [-0.2, 0) is 16.1 Å². The van der Waals surface area contributed by atoms with E-state index < -0.39 is 29.7 Å². The topological polar surface area (TPSA) is 66.8 Å². The molecule has 25 heavy (non-hydrogen) atoms. The third-order valence-electron chi connectivity index (χ3n) is 4.72. The number of benzene rings is 1. The van der Waals surface area contributed by atoms with Crippen LogP contribution in [0.5, 0.6) is 5.75 Å². The number of likely N-dealkylation sites (tertiary alicyclic amines) is 1. The second kappa shape index (κ2) is 6.09. The van der Waals surface area contributed by atoms with Crippen LogP contribution in [0, 0.1) is 5.92 Å². The second-order valence-corrected chi connectivity index (χ2v) is 6.17. The maximum Gasteiger partial charge on any atom is 0.423 e. The predicted molar refractivity (Wildman–Crippen MR) is 80.8 cm³/mol. The van der Waals surface area contributed by atoms with Gasteiger partial charge >= 0.3 is 12.1 Å².